The number of nitrogens with zero attached hydrogens (tertiary/aromatic N) is 1. The zero-order chi connectivity index (χ0) is 9.53. The molecule has 0 aliphatic carbocycles. The summed E-state index contributed by atoms with van der Waals surface area (Å²) in [7, 11) is 1.99. The van der Waals surface area contributed by atoms with Gasteiger partial charge in [-0.2, -0.15) is 0 Å². The molecule has 84 valence electrons. The first-order valence-corrected chi connectivity index (χ1v) is 7.12. The van der Waals surface area contributed by atoms with Crippen molar-refractivity contribution in [3.05, 3.63) is 0 Å². The highest BCUT2D eigenvalue weighted by molar-refractivity contribution is 8.13. The zero-order valence-electron chi connectivity index (χ0n) is 7.91. The van der Waals surface area contributed by atoms with Crippen LogP contribution in [0.2, 0.25) is 0 Å². The molecule has 14 heavy (non-hydrogen) atoms. The second-order valence-electron chi connectivity index (χ2n) is 4.27. The van der Waals surface area contributed by atoms with Crippen molar-refractivity contribution < 1.29 is 8.42 Å². The van der Waals surface area contributed by atoms with E-state index in [0.717, 1.165) is 38.9 Å². The minimum absolute atomic E-state index is 0. The van der Waals surface area contributed by atoms with Crippen LogP contribution < -0.4 is 0 Å². The first kappa shape index (κ1) is 12.6. The molecule has 0 aromatic rings. The van der Waals surface area contributed by atoms with Gasteiger partial charge in [-0.1, -0.05) is 0 Å². The molecule has 3 fully saturated rings. The smallest absolute Gasteiger partial charge is 0.233 e. The van der Waals surface area contributed by atoms with Crippen molar-refractivity contribution in [1.82, 2.24) is 4.90 Å². The normalized spacial score (nSPS) is 36.5. The van der Waals surface area contributed by atoms with E-state index in [0.29, 0.717) is 0 Å². The molecule has 2 bridgehead atoms. The number of fused-ring (bicyclic) bond motifs is 3. The van der Waals surface area contributed by atoms with Crippen molar-refractivity contribution in [1.29, 1.82) is 0 Å². The molecule has 0 aromatic heterocycles. The van der Waals surface area contributed by atoms with Gasteiger partial charge in [0.2, 0.25) is 9.05 Å². The molecule has 6 heteroatoms. The predicted octanol–water partition coefficient (Wildman–Crippen LogP) is 1.46. The Morgan fingerprint density at radius 3 is 1.93 bits per heavy atom. The molecule has 0 radical (unpaired) electrons. The summed E-state index contributed by atoms with van der Waals surface area (Å²) in [6.45, 7) is 3.14. The molecule has 3 aliphatic rings. The third-order valence-electron chi connectivity index (χ3n) is 3.35. The predicted molar refractivity (Wildman–Crippen MR) is 59.6 cm³/mol. The van der Waals surface area contributed by atoms with Crippen molar-refractivity contribution in [2.45, 2.75) is 19.3 Å². The van der Waals surface area contributed by atoms with Gasteiger partial charge in [-0.25, -0.2) is 8.42 Å². The summed E-state index contributed by atoms with van der Waals surface area (Å²) >= 11 is 0. The standard InChI is InChI=1S/C8H14ClNO2S.ClH/c9-13(11,12)7-8-1-4-10(5-2-8)6-3-8;/h1-7H2;1H. The van der Waals surface area contributed by atoms with Crippen molar-refractivity contribution in [3.8, 4) is 0 Å². The van der Waals surface area contributed by atoms with Gasteiger partial charge in [0.1, 0.15) is 0 Å². The molecule has 0 unspecified atom stereocenters. The lowest BCUT2D eigenvalue weighted by molar-refractivity contribution is 0.0431. The number of hydrogen-bond donors (Lipinski definition) is 0. The second-order valence-corrected chi connectivity index (χ2v) is 7.05. The Labute approximate surface area is 95.6 Å². The maximum absolute atomic E-state index is 11.0. The number of halogens is 2. The summed E-state index contributed by atoms with van der Waals surface area (Å²) in [4.78, 5) is 2.39. The van der Waals surface area contributed by atoms with Crippen LogP contribution in [0.5, 0.6) is 0 Å². The lowest BCUT2D eigenvalue weighted by Gasteiger charge is -2.47. The van der Waals surface area contributed by atoms with Crippen LogP contribution >= 0.6 is 23.1 Å². The molecular formula is C8H15Cl2NO2S. The van der Waals surface area contributed by atoms with Crippen LogP contribution in [0, 0.1) is 5.41 Å². The first-order valence-electron chi connectivity index (χ1n) is 4.64. The molecule has 3 heterocycles. The van der Waals surface area contributed by atoms with Crippen LogP contribution in [0.25, 0.3) is 0 Å². The van der Waals surface area contributed by atoms with Crippen molar-refractivity contribution in [3.63, 3.8) is 0 Å². The Morgan fingerprint density at radius 1 is 1.14 bits per heavy atom. The third-order valence-corrected chi connectivity index (χ3v) is 4.64. The molecule has 0 spiro atoms. The van der Waals surface area contributed by atoms with Gasteiger partial charge < -0.3 is 4.90 Å². The highest BCUT2D eigenvalue weighted by Gasteiger charge is 2.41. The summed E-state index contributed by atoms with van der Waals surface area (Å²) in [5, 5.41) is 0. The summed E-state index contributed by atoms with van der Waals surface area (Å²) in [6.07, 6.45) is 3.00. The molecule has 0 N–H and O–H groups in total. The van der Waals surface area contributed by atoms with E-state index in [2.05, 4.69) is 4.90 Å². The minimum Gasteiger partial charge on any atom is -0.303 e. The van der Waals surface area contributed by atoms with Gasteiger partial charge in [0.25, 0.3) is 0 Å². The third kappa shape index (κ3) is 2.75. The lowest BCUT2D eigenvalue weighted by atomic mass is 9.74. The summed E-state index contributed by atoms with van der Waals surface area (Å²) in [5.41, 5.74) is 0.00926. The highest BCUT2D eigenvalue weighted by atomic mass is 35.7. The Bertz CT molecular complexity index is 283. The average Bonchev–Trinajstić information content (AvgIpc) is 2.03. The van der Waals surface area contributed by atoms with Crippen LogP contribution in [0.1, 0.15) is 19.3 Å². The fourth-order valence-corrected chi connectivity index (χ4v) is 4.34. The molecule has 3 aliphatic heterocycles. The maximum atomic E-state index is 11.0. The number of rotatable bonds is 2. The topological polar surface area (TPSA) is 37.4 Å². The largest absolute Gasteiger partial charge is 0.303 e. The van der Waals surface area contributed by atoms with Crippen LogP contribution in [0.4, 0.5) is 0 Å². The fourth-order valence-electron chi connectivity index (χ4n) is 2.48. The second kappa shape index (κ2) is 4.16. The number of piperidine rings is 3. The lowest BCUT2D eigenvalue weighted by Crippen LogP contribution is -2.50. The molecule has 3 saturated heterocycles. The highest BCUT2D eigenvalue weighted by Crippen LogP contribution is 2.41. The zero-order valence-corrected chi connectivity index (χ0v) is 10.3. The Balaban J connectivity index is 0.000000980. The average molecular weight is 260 g/mol. The van der Waals surface area contributed by atoms with Gasteiger partial charge in [0.05, 0.1) is 5.75 Å². The van der Waals surface area contributed by atoms with Crippen LogP contribution in [-0.2, 0) is 9.05 Å². The summed E-state index contributed by atoms with van der Waals surface area (Å²) in [6, 6.07) is 0. The van der Waals surface area contributed by atoms with Gasteiger partial charge >= 0.3 is 0 Å². The maximum Gasteiger partial charge on any atom is 0.233 e. The molecule has 0 atom stereocenters. The van der Waals surface area contributed by atoms with E-state index in [1.165, 1.54) is 0 Å². The molecule has 3 nitrogen and oxygen atoms in total. The van der Waals surface area contributed by atoms with E-state index in [-0.39, 0.29) is 23.6 Å². The number of hydrogen-bond acceptors (Lipinski definition) is 3. The van der Waals surface area contributed by atoms with Crippen molar-refractivity contribution in [2.24, 2.45) is 5.41 Å². The van der Waals surface area contributed by atoms with E-state index >= 15 is 0 Å². The van der Waals surface area contributed by atoms with E-state index in [9.17, 15) is 8.42 Å². The van der Waals surface area contributed by atoms with Crippen molar-refractivity contribution in [2.75, 3.05) is 25.4 Å². The van der Waals surface area contributed by atoms with Crippen LogP contribution in [0.3, 0.4) is 0 Å². The van der Waals surface area contributed by atoms with E-state index in [1.54, 1.807) is 0 Å². The van der Waals surface area contributed by atoms with E-state index in [1.807, 2.05) is 0 Å². The Morgan fingerprint density at radius 2 is 1.57 bits per heavy atom. The Kier molecular flexibility index (Phi) is 3.73. The SMILES string of the molecule is Cl.O=S(=O)(Cl)CC12CCN(CC1)CC2. The fraction of sp³-hybridized carbons (Fsp3) is 1.00. The molecule has 3 rings (SSSR count). The Hall–Kier alpha value is 0.490. The monoisotopic (exact) mass is 259 g/mol. The van der Waals surface area contributed by atoms with Gasteiger partial charge in [-0.05, 0) is 44.3 Å². The van der Waals surface area contributed by atoms with Gasteiger partial charge in [-0.15, -0.1) is 12.4 Å². The molecule has 0 amide bonds. The van der Waals surface area contributed by atoms with E-state index in [4.69, 9.17) is 10.7 Å². The summed E-state index contributed by atoms with van der Waals surface area (Å²) < 4.78 is 22.1. The van der Waals surface area contributed by atoms with E-state index < -0.39 is 9.05 Å². The first-order chi connectivity index (χ1) is 5.99. The van der Waals surface area contributed by atoms with Gasteiger partial charge in [0, 0.05) is 10.7 Å². The van der Waals surface area contributed by atoms with Gasteiger partial charge in [0.15, 0.2) is 0 Å². The molecule has 0 saturated carbocycles. The quantitative estimate of drug-likeness (QED) is 0.705. The minimum atomic E-state index is -3.32. The van der Waals surface area contributed by atoms with Crippen LogP contribution in [0.15, 0.2) is 0 Å². The van der Waals surface area contributed by atoms with Gasteiger partial charge in [-0.3, -0.25) is 0 Å². The molecule has 0 aromatic carbocycles. The van der Waals surface area contributed by atoms with Crippen molar-refractivity contribution >= 4 is 32.1 Å². The molecular weight excluding hydrogens is 245 g/mol. The van der Waals surface area contributed by atoms with Crippen LogP contribution in [-0.4, -0.2) is 38.7 Å². The summed E-state index contributed by atoms with van der Waals surface area (Å²) in [5.74, 6) is 0.176.